The first-order chi connectivity index (χ1) is 11.0. The molecule has 0 fully saturated rings. The number of para-hydroxylation sites is 1. The van der Waals surface area contributed by atoms with Crippen LogP contribution in [0.15, 0.2) is 34.8 Å². The third-order valence-corrected chi connectivity index (χ3v) is 3.57. The Labute approximate surface area is 140 Å². The fraction of sp³-hybridized carbons (Fsp3) is 0.188. The van der Waals surface area contributed by atoms with E-state index in [1.54, 1.807) is 0 Å². The van der Waals surface area contributed by atoms with Crippen LogP contribution in [-0.4, -0.2) is 19.6 Å². The molecule has 2 aromatic carbocycles. The van der Waals surface area contributed by atoms with E-state index in [0.717, 1.165) is 12.1 Å². The molecule has 0 saturated carbocycles. The summed E-state index contributed by atoms with van der Waals surface area (Å²) in [7, 11) is 1.43. The Balaban J connectivity index is 2.35. The maximum absolute atomic E-state index is 13.6. The van der Waals surface area contributed by atoms with Gasteiger partial charge >= 0.3 is 0 Å². The number of ether oxygens (including phenoxy) is 2. The van der Waals surface area contributed by atoms with E-state index in [4.69, 9.17) is 9.47 Å². The van der Waals surface area contributed by atoms with Gasteiger partial charge in [-0.25, -0.2) is 8.78 Å². The van der Waals surface area contributed by atoms with Crippen LogP contribution in [0, 0.1) is 11.6 Å². The molecule has 1 N–H and O–H groups in total. The number of carbonyl (C=O) groups excluding carboxylic acids is 1. The molecule has 2 rings (SSSR count). The van der Waals surface area contributed by atoms with E-state index < -0.39 is 23.2 Å². The lowest BCUT2D eigenvalue weighted by atomic mass is 10.1. The van der Waals surface area contributed by atoms with Crippen molar-refractivity contribution < 1.29 is 23.0 Å². The van der Waals surface area contributed by atoms with Gasteiger partial charge in [0.25, 0.3) is 5.91 Å². The van der Waals surface area contributed by atoms with Crippen LogP contribution in [0.25, 0.3) is 0 Å². The molecular formula is C16H14BrF2NO3. The van der Waals surface area contributed by atoms with Crippen LogP contribution in [0.1, 0.15) is 17.3 Å². The molecular weight excluding hydrogens is 372 g/mol. The average Bonchev–Trinajstić information content (AvgIpc) is 2.52. The molecule has 7 heteroatoms. The Morgan fingerprint density at radius 2 is 1.91 bits per heavy atom. The van der Waals surface area contributed by atoms with Crippen molar-refractivity contribution in [2.45, 2.75) is 6.92 Å². The standard InChI is InChI=1S/C16H14BrF2NO3/c1-3-23-15-10(17)7-9(8-13(15)22-2)16(21)20-14-11(18)5-4-6-12(14)19/h4-8H,3H2,1-2H3,(H,20,21). The van der Waals surface area contributed by atoms with Gasteiger partial charge < -0.3 is 14.8 Å². The van der Waals surface area contributed by atoms with Crippen molar-refractivity contribution >= 4 is 27.5 Å². The highest BCUT2D eigenvalue weighted by molar-refractivity contribution is 9.10. The van der Waals surface area contributed by atoms with Crippen molar-refractivity contribution in [3.63, 3.8) is 0 Å². The fourth-order valence-electron chi connectivity index (χ4n) is 1.94. The largest absolute Gasteiger partial charge is 0.493 e. The first-order valence-electron chi connectivity index (χ1n) is 6.73. The summed E-state index contributed by atoms with van der Waals surface area (Å²) in [5.41, 5.74) is -0.332. The van der Waals surface area contributed by atoms with Gasteiger partial charge in [0, 0.05) is 5.56 Å². The first kappa shape index (κ1) is 17.2. The number of hydrogen-bond donors (Lipinski definition) is 1. The summed E-state index contributed by atoms with van der Waals surface area (Å²) in [5, 5.41) is 2.22. The molecule has 4 nitrogen and oxygen atoms in total. The normalized spacial score (nSPS) is 10.3. The molecule has 0 aliphatic rings. The maximum atomic E-state index is 13.6. The minimum absolute atomic E-state index is 0.167. The number of hydrogen-bond acceptors (Lipinski definition) is 3. The predicted octanol–water partition coefficient (Wildman–Crippen LogP) is 4.39. The Bertz CT molecular complexity index is 717. The number of anilines is 1. The van der Waals surface area contributed by atoms with Crippen molar-refractivity contribution in [2.24, 2.45) is 0 Å². The number of halogens is 3. The quantitative estimate of drug-likeness (QED) is 0.830. The zero-order valence-electron chi connectivity index (χ0n) is 12.5. The Hall–Kier alpha value is -2.15. The van der Waals surface area contributed by atoms with Gasteiger partial charge in [0.1, 0.15) is 17.3 Å². The molecule has 0 radical (unpaired) electrons. The van der Waals surface area contributed by atoms with E-state index in [0.29, 0.717) is 22.6 Å². The number of methoxy groups -OCH3 is 1. The van der Waals surface area contributed by atoms with Crippen LogP contribution in [0.4, 0.5) is 14.5 Å². The minimum Gasteiger partial charge on any atom is -0.493 e. The van der Waals surface area contributed by atoms with Crippen LogP contribution in [0.2, 0.25) is 0 Å². The van der Waals surface area contributed by atoms with Gasteiger partial charge in [-0.2, -0.15) is 0 Å². The van der Waals surface area contributed by atoms with Crippen molar-refractivity contribution in [3.05, 3.63) is 52.0 Å². The van der Waals surface area contributed by atoms with Gasteiger partial charge in [-0.1, -0.05) is 6.07 Å². The highest BCUT2D eigenvalue weighted by Gasteiger charge is 2.18. The summed E-state index contributed by atoms with van der Waals surface area (Å²) in [6.45, 7) is 2.23. The van der Waals surface area contributed by atoms with Gasteiger partial charge in [0.15, 0.2) is 11.5 Å². The number of amides is 1. The van der Waals surface area contributed by atoms with Crippen molar-refractivity contribution in [1.29, 1.82) is 0 Å². The molecule has 0 heterocycles. The van der Waals surface area contributed by atoms with E-state index >= 15 is 0 Å². The second kappa shape index (κ2) is 7.41. The highest BCUT2D eigenvalue weighted by atomic mass is 79.9. The van der Waals surface area contributed by atoms with Gasteiger partial charge in [-0.3, -0.25) is 4.79 Å². The van der Waals surface area contributed by atoms with Crippen molar-refractivity contribution in [1.82, 2.24) is 0 Å². The number of nitrogens with one attached hydrogen (secondary N) is 1. The first-order valence-corrected chi connectivity index (χ1v) is 7.53. The zero-order valence-corrected chi connectivity index (χ0v) is 14.0. The van der Waals surface area contributed by atoms with E-state index in [2.05, 4.69) is 21.2 Å². The lowest BCUT2D eigenvalue weighted by Gasteiger charge is -2.13. The molecule has 2 aromatic rings. The molecule has 0 bridgehead atoms. The number of carbonyl (C=O) groups is 1. The van der Waals surface area contributed by atoms with Gasteiger partial charge in [-0.05, 0) is 47.1 Å². The van der Waals surface area contributed by atoms with Gasteiger partial charge in [0.2, 0.25) is 0 Å². The Morgan fingerprint density at radius 3 is 2.48 bits per heavy atom. The molecule has 1 amide bonds. The molecule has 23 heavy (non-hydrogen) atoms. The topological polar surface area (TPSA) is 47.6 Å². The smallest absolute Gasteiger partial charge is 0.255 e. The maximum Gasteiger partial charge on any atom is 0.255 e. The summed E-state index contributed by atoms with van der Waals surface area (Å²) >= 11 is 3.29. The summed E-state index contributed by atoms with van der Waals surface area (Å²) in [6.07, 6.45) is 0. The van der Waals surface area contributed by atoms with E-state index in [9.17, 15) is 13.6 Å². The Morgan fingerprint density at radius 1 is 1.26 bits per heavy atom. The number of benzene rings is 2. The van der Waals surface area contributed by atoms with Crippen LogP contribution >= 0.6 is 15.9 Å². The summed E-state index contributed by atoms with van der Waals surface area (Å²) in [4.78, 5) is 12.2. The molecule has 0 aliphatic carbocycles. The predicted molar refractivity (Wildman–Crippen MR) is 86.2 cm³/mol. The Kier molecular flexibility index (Phi) is 5.54. The fourth-order valence-corrected chi connectivity index (χ4v) is 2.49. The van der Waals surface area contributed by atoms with Crippen molar-refractivity contribution in [3.8, 4) is 11.5 Å². The minimum atomic E-state index is -0.852. The van der Waals surface area contributed by atoms with E-state index in [-0.39, 0.29) is 5.56 Å². The van der Waals surface area contributed by atoms with Crippen LogP contribution in [-0.2, 0) is 0 Å². The molecule has 0 saturated heterocycles. The molecule has 122 valence electrons. The van der Waals surface area contributed by atoms with E-state index in [1.807, 2.05) is 6.92 Å². The number of rotatable bonds is 5. The summed E-state index contributed by atoms with van der Waals surface area (Å²) in [5.74, 6) is -1.59. The lowest BCUT2D eigenvalue weighted by Crippen LogP contribution is -2.14. The lowest BCUT2D eigenvalue weighted by molar-refractivity contribution is 0.102. The molecule has 0 aromatic heterocycles. The SMILES string of the molecule is CCOc1c(Br)cc(C(=O)Nc2c(F)cccc2F)cc1OC. The average molecular weight is 386 g/mol. The van der Waals surface area contributed by atoms with Gasteiger partial charge in [0.05, 0.1) is 18.2 Å². The molecule has 0 unspecified atom stereocenters. The molecule has 0 spiro atoms. The molecule has 0 aliphatic heterocycles. The van der Waals surface area contributed by atoms with Crippen LogP contribution < -0.4 is 14.8 Å². The third-order valence-electron chi connectivity index (χ3n) is 2.98. The summed E-state index contributed by atoms with van der Waals surface area (Å²) in [6, 6.07) is 6.27. The molecule has 0 atom stereocenters. The second-order valence-electron chi connectivity index (χ2n) is 4.47. The highest BCUT2D eigenvalue weighted by Crippen LogP contribution is 2.37. The zero-order chi connectivity index (χ0) is 17.0. The van der Waals surface area contributed by atoms with Crippen LogP contribution in [0.5, 0.6) is 11.5 Å². The third kappa shape index (κ3) is 3.79. The van der Waals surface area contributed by atoms with E-state index in [1.165, 1.54) is 25.3 Å². The summed E-state index contributed by atoms with van der Waals surface area (Å²) < 4.78 is 38.3. The van der Waals surface area contributed by atoms with Crippen molar-refractivity contribution in [2.75, 3.05) is 19.0 Å². The monoisotopic (exact) mass is 385 g/mol. The van der Waals surface area contributed by atoms with Crippen LogP contribution in [0.3, 0.4) is 0 Å². The second-order valence-corrected chi connectivity index (χ2v) is 5.33. The van der Waals surface area contributed by atoms with Gasteiger partial charge in [-0.15, -0.1) is 0 Å².